The lowest BCUT2D eigenvalue weighted by molar-refractivity contribution is 0.230. The molecule has 1 rings (SSSR count). The first-order valence-electron chi connectivity index (χ1n) is 4.22. The number of rotatable bonds is 1. The molecule has 0 aromatic heterocycles. The van der Waals surface area contributed by atoms with E-state index in [0.717, 1.165) is 4.47 Å². The molecule has 0 aliphatic heterocycles. The molecule has 0 saturated heterocycles. The molecule has 0 unspecified atom stereocenters. The van der Waals surface area contributed by atoms with E-state index in [4.69, 9.17) is 5.26 Å². The fraction of sp³-hybridized carbons (Fsp3) is 0.200. The van der Waals surface area contributed by atoms with Gasteiger partial charge in [0.05, 0.1) is 11.3 Å². The standard InChI is InChI=1S/C10H10BrN3O/c1-14(2)10(15)13-9-5-8(11)4-3-7(9)6-12/h3-5H,1-2H3,(H,13,15). The molecule has 0 saturated carbocycles. The number of hydrogen-bond acceptors (Lipinski definition) is 2. The number of nitrogens with zero attached hydrogens (tertiary/aromatic N) is 2. The lowest BCUT2D eigenvalue weighted by Crippen LogP contribution is -2.27. The average molecular weight is 268 g/mol. The van der Waals surface area contributed by atoms with Crippen molar-refractivity contribution in [3.8, 4) is 6.07 Å². The van der Waals surface area contributed by atoms with Crippen molar-refractivity contribution < 1.29 is 4.79 Å². The summed E-state index contributed by atoms with van der Waals surface area (Å²) in [5.41, 5.74) is 0.943. The number of hydrogen-bond donors (Lipinski definition) is 1. The number of carbonyl (C=O) groups is 1. The minimum absolute atomic E-state index is 0.260. The van der Waals surface area contributed by atoms with Crippen LogP contribution < -0.4 is 5.32 Å². The maximum Gasteiger partial charge on any atom is 0.321 e. The molecule has 5 heteroatoms. The monoisotopic (exact) mass is 267 g/mol. The maximum absolute atomic E-state index is 11.4. The Morgan fingerprint density at radius 1 is 1.53 bits per heavy atom. The fourth-order valence-electron chi connectivity index (χ4n) is 0.944. The average Bonchev–Trinajstić information content (AvgIpc) is 2.18. The second-order valence-corrected chi connectivity index (χ2v) is 4.04. The van der Waals surface area contributed by atoms with Crippen LogP contribution in [0.2, 0.25) is 0 Å². The van der Waals surface area contributed by atoms with Gasteiger partial charge in [-0.1, -0.05) is 15.9 Å². The first kappa shape index (κ1) is 11.5. The first-order chi connectivity index (χ1) is 7.04. The number of benzene rings is 1. The van der Waals surface area contributed by atoms with Crippen LogP contribution in [0.4, 0.5) is 10.5 Å². The molecular formula is C10H10BrN3O. The summed E-state index contributed by atoms with van der Waals surface area (Å²) in [4.78, 5) is 12.8. The van der Waals surface area contributed by atoms with Crippen molar-refractivity contribution in [2.75, 3.05) is 19.4 Å². The second-order valence-electron chi connectivity index (χ2n) is 3.13. The summed E-state index contributed by atoms with van der Waals surface area (Å²) in [5, 5.41) is 11.5. The first-order valence-corrected chi connectivity index (χ1v) is 5.02. The van der Waals surface area contributed by atoms with E-state index in [1.165, 1.54) is 4.90 Å². The molecule has 0 radical (unpaired) electrons. The van der Waals surface area contributed by atoms with Crippen LogP contribution in [0.5, 0.6) is 0 Å². The highest BCUT2D eigenvalue weighted by molar-refractivity contribution is 9.10. The zero-order chi connectivity index (χ0) is 11.4. The molecule has 78 valence electrons. The van der Waals surface area contributed by atoms with E-state index in [9.17, 15) is 4.79 Å². The fourth-order valence-corrected chi connectivity index (χ4v) is 1.31. The number of nitrogens with one attached hydrogen (secondary N) is 1. The molecule has 0 fully saturated rings. The van der Waals surface area contributed by atoms with Gasteiger partial charge in [0.1, 0.15) is 6.07 Å². The van der Waals surface area contributed by atoms with Crippen LogP contribution in [-0.2, 0) is 0 Å². The predicted molar refractivity (Wildman–Crippen MR) is 61.6 cm³/mol. The van der Waals surface area contributed by atoms with Gasteiger partial charge in [0.15, 0.2) is 0 Å². The largest absolute Gasteiger partial charge is 0.331 e. The van der Waals surface area contributed by atoms with Gasteiger partial charge < -0.3 is 10.2 Å². The number of anilines is 1. The molecule has 4 nitrogen and oxygen atoms in total. The SMILES string of the molecule is CN(C)C(=O)Nc1cc(Br)ccc1C#N. The quantitative estimate of drug-likeness (QED) is 0.850. The maximum atomic E-state index is 11.4. The minimum Gasteiger partial charge on any atom is -0.331 e. The Kier molecular flexibility index (Phi) is 3.69. The summed E-state index contributed by atoms with van der Waals surface area (Å²) in [7, 11) is 3.28. The summed E-state index contributed by atoms with van der Waals surface area (Å²) >= 11 is 3.28. The lowest BCUT2D eigenvalue weighted by Gasteiger charge is -2.12. The Labute approximate surface area is 96.6 Å². The lowest BCUT2D eigenvalue weighted by atomic mass is 10.2. The molecular weight excluding hydrogens is 258 g/mol. The third-order valence-corrected chi connectivity index (χ3v) is 2.24. The summed E-state index contributed by atoms with van der Waals surface area (Å²) < 4.78 is 0.815. The number of urea groups is 1. The van der Waals surface area contributed by atoms with Crippen LogP contribution in [0, 0.1) is 11.3 Å². The highest BCUT2D eigenvalue weighted by atomic mass is 79.9. The number of amides is 2. The van der Waals surface area contributed by atoms with Gasteiger partial charge in [-0.05, 0) is 18.2 Å². The smallest absolute Gasteiger partial charge is 0.321 e. The summed E-state index contributed by atoms with van der Waals surface area (Å²) in [6.07, 6.45) is 0. The van der Waals surface area contributed by atoms with Crippen LogP contribution in [-0.4, -0.2) is 25.0 Å². The Morgan fingerprint density at radius 3 is 2.73 bits per heavy atom. The molecule has 0 aliphatic carbocycles. The van der Waals surface area contributed by atoms with Gasteiger partial charge in [-0.25, -0.2) is 4.79 Å². The predicted octanol–water partition coefficient (Wildman–Crippen LogP) is 2.41. The van der Waals surface area contributed by atoms with E-state index in [1.54, 1.807) is 32.3 Å². The highest BCUT2D eigenvalue weighted by Crippen LogP contribution is 2.20. The van der Waals surface area contributed by atoms with Gasteiger partial charge in [0.2, 0.25) is 0 Å². The van der Waals surface area contributed by atoms with Gasteiger partial charge in [-0.15, -0.1) is 0 Å². The van der Waals surface area contributed by atoms with Crippen molar-refractivity contribution in [2.45, 2.75) is 0 Å². The third-order valence-electron chi connectivity index (χ3n) is 1.75. The topological polar surface area (TPSA) is 56.1 Å². The Morgan fingerprint density at radius 2 is 2.20 bits per heavy atom. The minimum atomic E-state index is -0.260. The van der Waals surface area contributed by atoms with Crippen LogP contribution in [0.25, 0.3) is 0 Å². The second kappa shape index (κ2) is 4.80. The molecule has 0 spiro atoms. The summed E-state index contributed by atoms with van der Waals surface area (Å²) in [6, 6.07) is 6.85. The normalized spacial score (nSPS) is 9.20. The van der Waals surface area contributed by atoms with Crippen LogP contribution in [0.1, 0.15) is 5.56 Å². The Hall–Kier alpha value is -1.54. The molecule has 0 bridgehead atoms. The molecule has 0 atom stereocenters. The zero-order valence-corrected chi connectivity index (χ0v) is 10.00. The van der Waals surface area contributed by atoms with Gasteiger partial charge in [0, 0.05) is 18.6 Å². The molecule has 2 amide bonds. The van der Waals surface area contributed by atoms with Crippen molar-refractivity contribution in [1.82, 2.24) is 4.90 Å². The van der Waals surface area contributed by atoms with Crippen LogP contribution in [0.15, 0.2) is 22.7 Å². The molecule has 1 N–H and O–H groups in total. The zero-order valence-electron chi connectivity index (χ0n) is 8.41. The van der Waals surface area contributed by atoms with E-state index in [2.05, 4.69) is 21.2 Å². The van der Waals surface area contributed by atoms with Crippen LogP contribution >= 0.6 is 15.9 Å². The third kappa shape index (κ3) is 2.96. The van der Waals surface area contributed by atoms with Gasteiger partial charge in [-0.3, -0.25) is 0 Å². The van der Waals surface area contributed by atoms with E-state index in [0.29, 0.717) is 11.3 Å². The molecule has 0 aliphatic rings. The number of carbonyl (C=O) groups excluding carboxylic acids is 1. The number of halogens is 1. The molecule has 1 aromatic rings. The highest BCUT2D eigenvalue weighted by Gasteiger charge is 2.08. The van der Waals surface area contributed by atoms with Crippen molar-refractivity contribution in [3.63, 3.8) is 0 Å². The van der Waals surface area contributed by atoms with Crippen LogP contribution in [0.3, 0.4) is 0 Å². The van der Waals surface area contributed by atoms with Gasteiger partial charge >= 0.3 is 6.03 Å². The molecule has 1 aromatic carbocycles. The summed E-state index contributed by atoms with van der Waals surface area (Å²) in [5.74, 6) is 0. The van der Waals surface area contributed by atoms with Gasteiger partial charge in [0.25, 0.3) is 0 Å². The van der Waals surface area contributed by atoms with E-state index >= 15 is 0 Å². The van der Waals surface area contributed by atoms with Gasteiger partial charge in [-0.2, -0.15) is 5.26 Å². The van der Waals surface area contributed by atoms with Crippen molar-refractivity contribution in [1.29, 1.82) is 5.26 Å². The Bertz CT molecular complexity index is 423. The van der Waals surface area contributed by atoms with E-state index < -0.39 is 0 Å². The molecule has 0 heterocycles. The molecule has 15 heavy (non-hydrogen) atoms. The number of nitriles is 1. The Balaban J connectivity index is 2.98. The summed E-state index contributed by atoms with van der Waals surface area (Å²) in [6.45, 7) is 0. The van der Waals surface area contributed by atoms with E-state index in [1.807, 2.05) is 6.07 Å². The van der Waals surface area contributed by atoms with Crippen molar-refractivity contribution in [3.05, 3.63) is 28.2 Å². The van der Waals surface area contributed by atoms with Crippen molar-refractivity contribution >= 4 is 27.6 Å². The van der Waals surface area contributed by atoms with Crippen molar-refractivity contribution in [2.24, 2.45) is 0 Å². The van der Waals surface area contributed by atoms with E-state index in [-0.39, 0.29) is 6.03 Å².